The first kappa shape index (κ1) is 15.8. The van der Waals surface area contributed by atoms with Gasteiger partial charge >= 0.3 is 12.0 Å². The zero-order chi connectivity index (χ0) is 16.1. The average molecular weight is 300 g/mol. The van der Waals surface area contributed by atoms with Crippen LogP contribution in [0, 0.1) is 5.92 Å². The molecule has 5 nitrogen and oxygen atoms in total. The minimum Gasteiger partial charge on any atom is -0.481 e. The zero-order valence-electron chi connectivity index (χ0n) is 12.7. The minimum absolute atomic E-state index is 0.179. The van der Waals surface area contributed by atoms with Crippen LogP contribution in [-0.4, -0.2) is 35.6 Å². The van der Waals surface area contributed by atoms with Gasteiger partial charge in [-0.3, -0.25) is 4.79 Å². The fraction of sp³-hybridized carbons (Fsp3) is 0.294. The van der Waals surface area contributed by atoms with E-state index in [9.17, 15) is 9.59 Å². The van der Waals surface area contributed by atoms with Crippen LogP contribution >= 0.6 is 0 Å². The maximum absolute atomic E-state index is 12.0. The highest BCUT2D eigenvalue weighted by Gasteiger charge is 2.16. The smallest absolute Gasteiger partial charge is 0.317 e. The lowest BCUT2D eigenvalue weighted by molar-refractivity contribution is -0.141. The quantitative estimate of drug-likeness (QED) is 0.892. The zero-order valence-corrected chi connectivity index (χ0v) is 12.7. The Morgan fingerprint density at radius 2 is 1.86 bits per heavy atom. The molecule has 1 atom stereocenters. The third kappa shape index (κ3) is 3.97. The molecular formula is C17H20N2O3. The number of hydrogen-bond acceptors (Lipinski definition) is 2. The van der Waals surface area contributed by atoms with Crippen molar-refractivity contribution in [2.24, 2.45) is 5.92 Å². The van der Waals surface area contributed by atoms with E-state index in [4.69, 9.17) is 5.11 Å². The Morgan fingerprint density at radius 3 is 2.55 bits per heavy atom. The Bertz CT molecular complexity index is 684. The van der Waals surface area contributed by atoms with Crippen LogP contribution in [0.5, 0.6) is 0 Å². The van der Waals surface area contributed by atoms with Gasteiger partial charge in [-0.1, -0.05) is 43.3 Å². The van der Waals surface area contributed by atoms with Crippen LogP contribution in [0.4, 0.5) is 4.79 Å². The molecule has 1 unspecified atom stereocenters. The molecule has 0 fully saturated rings. The molecule has 116 valence electrons. The van der Waals surface area contributed by atoms with Crippen LogP contribution < -0.4 is 5.32 Å². The number of nitrogens with one attached hydrogen (secondary N) is 1. The Kier molecular flexibility index (Phi) is 4.99. The summed E-state index contributed by atoms with van der Waals surface area (Å²) >= 11 is 0. The van der Waals surface area contributed by atoms with E-state index in [2.05, 4.69) is 5.32 Å². The molecule has 0 saturated carbocycles. The van der Waals surface area contributed by atoms with Gasteiger partial charge in [0.15, 0.2) is 0 Å². The molecule has 2 aromatic carbocycles. The highest BCUT2D eigenvalue weighted by molar-refractivity contribution is 5.83. The topological polar surface area (TPSA) is 69.6 Å². The first-order chi connectivity index (χ1) is 10.5. The lowest BCUT2D eigenvalue weighted by Crippen LogP contribution is -2.40. The molecule has 0 radical (unpaired) electrons. The van der Waals surface area contributed by atoms with E-state index in [1.54, 1.807) is 14.0 Å². The third-order valence-electron chi connectivity index (χ3n) is 3.57. The summed E-state index contributed by atoms with van der Waals surface area (Å²) in [5.41, 5.74) is 1.01. The predicted molar refractivity (Wildman–Crippen MR) is 85.6 cm³/mol. The largest absolute Gasteiger partial charge is 0.481 e. The van der Waals surface area contributed by atoms with E-state index in [-0.39, 0.29) is 12.6 Å². The van der Waals surface area contributed by atoms with E-state index in [0.717, 1.165) is 16.3 Å². The molecule has 0 aliphatic rings. The summed E-state index contributed by atoms with van der Waals surface area (Å²) in [6, 6.07) is 13.8. The van der Waals surface area contributed by atoms with Gasteiger partial charge in [0.1, 0.15) is 0 Å². The van der Waals surface area contributed by atoms with Gasteiger partial charge in [-0.05, 0) is 22.4 Å². The summed E-state index contributed by atoms with van der Waals surface area (Å²) in [5.74, 6) is -1.49. The van der Waals surface area contributed by atoms with Gasteiger partial charge in [0.25, 0.3) is 0 Å². The van der Waals surface area contributed by atoms with Crippen LogP contribution in [-0.2, 0) is 11.3 Å². The molecule has 2 rings (SSSR count). The van der Waals surface area contributed by atoms with Gasteiger partial charge in [0.05, 0.1) is 5.92 Å². The molecule has 22 heavy (non-hydrogen) atoms. The average Bonchev–Trinajstić information content (AvgIpc) is 2.52. The number of hydrogen-bond donors (Lipinski definition) is 2. The number of carboxylic acids is 1. The third-order valence-corrected chi connectivity index (χ3v) is 3.57. The summed E-state index contributed by atoms with van der Waals surface area (Å²) in [5, 5.41) is 13.9. The Hall–Kier alpha value is -2.56. The maximum atomic E-state index is 12.0. The lowest BCUT2D eigenvalue weighted by atomic mass is 10.1. The van der Waals surface area contributed by atoms with E-state index in [0.29, 0.717) is 6.54 Å². The summed E-state index contributed by atoms with van der Waals surface area (Å²) in [6.45, 7) is 2.17. The van der Waals surface area contributed by atoms with Crippen LogP contribution in [0.3, 0.4) is 0 Å². The van der Waals surface area contributed by atoms with Crippen molar-refractivity contribution in [2.45, 2.75) is 13.5 Å². The summed E-state index contributed by atoms with van der Waals surface area (Å²) < 4.78 is 0. The lowest BCUT2D eigenvalue weighted by Gasteiger charge is -2.20. The monoisotopic (exact) mass is 300 g/mol. The second-order valence-corrected chi connectivity index (χ2v) is 5.46. The number of nitrogens with zero attached hydrogens (tertiary/aromatic N) is 1. The molecule has 2 N–H and O–H groups in total. The van der Waals surface area contributed by atoms with E-state index in [1.807, 2.05) is 42.5 Å². The molecule has 0 saturated heterocycles. The van der Waals surface area contributed by atoms with Crippen LogP contribution in [0.25, 0.3) is 10.8 Å². The second-order valence-electron chi connectivity index (χ2n) is 5.46. The van der Waals surface area contributed by atoms with Crippen LogP contribution in [0.2, 0.25) is 0 Å². The van der Waals surface area contributed by atoms with Crippen molar-refractivity contribution in [1.29, 1.82) is 0 Å². The highest BCUT2D eigenvalue weighted by Crippen LogP contribution is 2.15. The van der Waals surface area contributed by atoms with Gasteiger partial charge in [-0.15, -0.1) is 0 Å². The van der Waals surface area contributed by atoms with Crippen molar-refractivity contribution in [2.75, 3.05) is 13.6 Å². The van der Waals surface area contributed by atoms with Gasteiger partial charge in [-0.2, -0.15) is 0 Å². The number of carbonyl (C=O) groups excluding carboxylic acids is 1. The van der Waals surface area contributed by atoms with Crippen LogP contribution in [0.1, 0.15) is 12.5 Å². The van der Waals surface area contributed by atoms with Gasteiger partial charge < -0.3 is 15.3 Å². The Labute approximate surface area is 129 Å². The van der Waals surface area contributed by atoms with Crippen molar-refractivity contribution in [3.05, 3.63) is 48.0 Å². The Balaban J connectivity index is 1.93. The van der Waals surface area contributed by atoms with Gasteiger partial charge in [-0.25, -0.2) is 4.79 Å². The number of aliphatic carboxylic acids is 1. The molecular weight excluding hydrogens is 280 g/mol. The fourth-order valence-corrected chi connectivity index (χ4v) is 2.23. The molecule has 0 heterocycles. The molecule has 0 aromatic heterocycles. The molecule has 0 aliphatic heterocycles. The fourth-order valence-electron chi connectivity index (χ4n) is 2.23. The van der Waals surface area contributed by atoms with Crippen molar-refractivity contribution in [3.8, 4) is 0 Å². The first-order valence-electron chi connectivity index (χ1n) is 7.17. The maximum Gasteiger partial charge on any atom is 0.317 e. The van der Waals surface area contributed by atoms with Crippen LogP contribution in [0.15, 0.2) is 42.5 Å². The van der Waals surface area contributed by atoms with E-state index < -0.39 is 11.9 Å². The SMILES string of the molecule is CC(CN(C)C(=O)NCc1ccc2ccccc2c1)C(=O)O. The molecule has 5 heteroatoms. The Morgan fingerprint density at radius 1 is 1.18 bits per heavy atom. The number of carbonyl (C=O) groups is 2. The summed E-state index contributed by atoms with van der Waals surface area (Å²) in [4.78, 5) is 24.2. The number of urea groups is 1. The number of amides is 2. The van der Waals surface area contributed by atoms with E-state index >= 15 is 0 Å². The van der Waals surface area contributed by atoms with Crippen molar-refractivity contribution >= 4 is 22.8 Å². The predicted octanol–water partition coefficient (Wildman–Crippen LogP) is 2.70. The van der Waals surface area contributed by atoms with E-state index in [1.165, 1.54) is 4.90 Å². The normalized spacial score (nSPS) is 11.9. The number of carboxylic acid groups (broad SMARTS) is 1. The molecule has 0 bridgehead atoms. The van der Waals surface area contributed by atoms with Gasteiger partial charge in [0, 0.05) is 20.1 Å². The molecule has 2 aromatic rings. The van der Waals surface area contributed by atoms with Crippen molar-refractivity contribution < 1.29 is 14.7 Å². The number of fused-ring (bicyclic) bond motifs is 1. The standard InChI is InChI=1S/C17H20N2O3/c1-12(16(20)21)11-19(2)17(22)18-10-13-7-8-14-5-3-4-6-15(14)9-13/h3-9,12H,10-11H2,1-2H3,(H,18,22)(H,20,21). The molecule has 0 spiro atoms. The number of benzene rings is 2. The number of rotatable bonds is 5. The van der Waals surface area contributed by atoms with Crippen molar-refractivity contribution in [1.82, 2.24) is 10.2 Å². The summed E-state index contributed by atoms with van der Waals surface area (Å²) in [7, 11) is 1.59. The first-order valence-corrected chi connectivity index (χ1v) is 7.17. The summed E-state index contributed by atoms with van der Waals surface area (Å²) in [6.07, 6.45) is 0. The van der Waals surface area contributed by atoms with Gasteiger partial charge in [0.2, 0.25) is 0 Å². The molecule has 0 aliphatic carbocycles. The minimum atomic E-state index is -0.908. The second kappa shape index (κ2) is 6.93. The van der Waals surface area contributed by atoms with Crippen molar-refractivity contribution in [3.63, 3.8) is 0 Å². The molecule has 2 amide bonds. The highest BCUT2D eigenvalue weighted by atomic mass is 16.4.